The van der Waals surface area contributed by atoms with Gasteiger partial charge in [0, 0.05) is 12.6 Å². The van der Waals surface area contributed by atoms with Crippen molar-refractivity contribution < 1.29 is 18.7 Å². The van der Waals surface area contributed by atoms with Crippen molar-refractivity contribution in [3.8, 4) is 0 Å². The highest BCUT2D eigenvalue weighted by molar-refractivity contribution is 6.30. The fourth-order valence-corrected chi connectivity index (χ4v) is 2.65. The summed E-state index contributed by atoms with van der Waals surface area (Å²) >= 11 is 5.70. The molecule has 1 fully saturated rings. The summed E-state index contributed by atoms with van der Waals surface area (Å²) in [6.07, 6.45) is 1.07. The van der Waals surface area contributed by atoms with Crippen LogP contribution in [0.4, 0.5) is 4.39 Å². The zero-order chi connectivity index (χ0) is 15.4. The first-order chi connectivity index (χ1) is 10.1. The van der Waals surface area contributed by atoms with Gasteiger partial charge in [0.25, 0.3) is 0 Å². The summed E-state index contributed by atoms with van der Waals surface area (Å²) in [5.74, 6) is -0.770. The number of carbonyl (C=O) groups excluding carboxylic acids is 1. The summed E-state index contributed by atoms with van der Waals surface area (Å²) < 4.78 is 24.0. The first kappa shape index (κ1) is 16.2. The van der Waals surface area contributed by atoms with Gasteiger partial charge in [0.15, 0.2) is 0 Å². The summed E-state index contributed by atoms with van der Waals surface area (Å²) in [7, 11) is 1.36. The molecule has 21 heavy (non-hydrogen) atoms. The summed E-state index contributed by atoms with van der Waals surface area (Å²) in [5, 5.41) is 3.33. The third-order valence-electron chi connectivity index (χ3n) is 3.67. The van der Waals surface area contributed by atoms with Crippen LogP contribution in [0.2, 0.25) is 5.02 Å². The first-order valence-corrected chi connectivity index (χ1v) is 7.35. The average molecular weight is 316 g/mol. The first-order valence-electron chi connectivity index (χ1n) is 6.97. The molecule has 0 aliphatic carbocycles. The second kappa shape index (κ2) is 7.20. The molecular formula is C15H19ClFNO3. The molecule has 3 atom stereocenters. The topological polar surface area (TPSA) is 47.6 Å². The molecule has 1 saturated heterocycles. The van der Waals surface area contributed by atoms with Crippen molar-refractivity contribution >= 4 is 17.6 Å². The standard InChI is InChI=1S/C15H19ClFNO3/c1-3-12(15(19)20-2)18-13-6-7-21-14(13)9-4-5-10(16)11(17)8-9/h4-5,8,12-14,18H,3,6-7H2,1-2H3/t12?,13-,14+/m1/s1. The Bertz CT molecular complexity index is 512. The molecule has 2 rings (SSSR count). The van der Waals surface area contributed by atoms with Crippen LogP contribution >= 0.6 is 11.6 Å². The van der Waals surface area contributed by atoms with E-state index in [9.17, 15) is 9.18 Å². The van der Waals surface area contributed by atoms with Gasteiger partial charge in [0.2, 0.25) is 0 Å². The van der Waals surface area contributed by atoms with Gasteiger partial charge in [0.05, 0.1) is 18.2 Å². The van der Waals surface area contributed by atoms with E-state index in [1.165, 1.54) is 19.2 Å². The Hall–Kier alpha value is -1.17. The van der Waals surface area contributed by atoms with Crippen LogP contribution in [0, 0.1) is 5.82 Å². The highest BCUT2D eigenvalue weighted by Crippen LogP contribution is 2.31. The Balaban J connectivity index is 2.12. The van der Waals surface area contributed by atoms with Crippen molar-refractivity contribution in [3.05, 3.63) is 34.6 Å². The van der Waals surface area contributed by atoms with Crippen molar-refractivity contribution in [1.82, 2.24) is 5.32 Å². The van der Waals surface area contributed by atoms with Crippen LogP contribution in [-0.2, 0) is 14.3 Å². The molecule has 0 radical (unpaired) electrons. The van der Waals surface area contributed by atoms with E-state index in [2.05, 4.69) is 5.32 Å². The molecule has 1 heterocycles. The SMILES string of the molecule is CCC(N[C@@H]1CCO[C@H]1c1ccc(Cl)c(F)c1)C(=O)OC. The molecular weight excluding hydrogens is 297 g/mol. The number of hydrogen-bond acceptors (Lipinski definition) is 4. The average Bonchev–Trinajstić information content (AvgIpc) is 2.95. The van der Waals surface area contributed by atoms with E-state index in [1.807, 2.05) is 6.92 Å². The number of methoxy groups -OCH3 is 1. The van der Waals surface area contributed by atoms with Crippen LogP contribution in [0.3, 0.4) is 0 Å². The molecule has 0 bridgehead atoms. The van der Waals surface area contributed by atoms with E-state index in [1.54, 1.807) is 6.07 Å². The second-order valence-corrected chi connectivity index (χ2v) is 5.42. The number of esters is 1. The molecule has 0 amide bonds. The van der Waals surface area contributed by atoms with E-state index in [0.717, 1.165) is 6.42 Å². The predicted octanol–water partition coefficient (Wildman–Crippen LogP) is 2.85. The molecule has 1 aromatic rings. The van der Waals surface area contributed by atoms with Crippen molar-refractivity contribution in [1.29, 1.82) is 0 Å². The quantitative estimate of drug-likeness (QED) is 0.849. The summed E-state index contributed by atoms with van der Waals surface area (Å²) in [6, 6.07) is 4.19. The lowest BCUT2D eigenvalue weighted by Crippen LogP contribution is -2.44. The van der Waals surface area contributed by atoms with Crippen molar-refractivity contribution in [2.75, 3.05) is 13.7 Å². The summed E-state index contributed by atoms with van der Waals surface area (Å²) in [6.45, 7) is 2.46. The lowest BCUT2D eigenvalue weighted by molar-refractivity contribution is -0.143. The third kappa shape index (κ3) is 3.73. The van der Waals surface area contributed by atoms with E-state index >= 15 is 0 Å². The van der Waals surface area contributed by atoms with Crippen molar-refractivity contribution in [2.24, 2.45) is 0 Å². The Kier molecular flexibility index (Phi) is 5.56. The number of hydrogen-bond donors (Lipinski definition) is 1. The van der Waals surface area contributed by atoms with Gasteiger partial charge in [0.1, 0.15) is 11.9 Å². The minimum Gasteiger partial charge on any atom is -0.468 e. The minimum absolute atomic E-state index is 0.0605. The molecule has 116 valence electrons. The fourth-order valence-electron chi connectivity index (χ4n) is 2.53. The summed E-state index contributed by atoms with van der Waals surface area (Å²) in [5.41, 5.74) is 0.714. The maximum absolute atomic E-state index is 13.6. The lowest BCUT2D eigenvalue weighted by atomic mass is 10.0. The smallest absolute Gasteiger partial charge is 0.322 e. The highest BCUT2D eigenvalue weighted by Gasteiger charge is 2.33. The zero-order valence-corrected chi connectivity index (χ0v) is 12.8. The Morgan fingerprint density at radius 2 is 2.38 bits per heavy atom. The predicted molar refractivity (Wildman–Crippen MR) is 77.7 cm³/mol. The summed E-state index contributed by atoms with van der Waals surface area (Å²) in [4.78, 5) is 11.7. The van der Waals surface area contributed by atoms with Gasteiger partial charge in [-0.05, 0) is 30.5 Å². The van der Waals surface area contributed by atoms with E-state index < -0.39 is 5.82 Å². The van der Waals surface area contributed by atoms with Crippen LogP contribution in [-0.4, -0.2) is 31.8 Å². The molecule has 0 saturated carbocycles. The van der Waals surface area contributed by atoms with Crippen molar-refractivity contribution in [2.45, 2.75) is 38.0 Å². The number of benzene rings is 1. The maximum atomic E-state index is 13.6. The number of ether oxygens (including phenoxy) is 2. The van der Waals surface area contributed by atoms with Gasteiger partial charge in [-0.3, -0.25) is 10.1 Å². The second-order valence-electron chi connectivity index (χ2n) is 5.01. The number of rotatable bonds is 5. The Labute approximate surface area is 128 Å². The Morgan fingerprint density at radius 1 is 1.62 bits per heavy atom. The van der Waals surface area contributed by atoms with Gasteiger partial charge in [-0.2, -0.15) is 0 Å². The van der Waals surface area contributed by atoms with Crippen LogP contribution in [0.1, 0.15) is 31.4 Å². The molecule has 1 aliphatic heterocycles. The van der Waals surface area contributed by atoms with Gasteiger partial charge < -0.3 is 9.47 Å². The number of carbonyl (C=O) groups is 1. The maximum Gasteiger partial charge on any atom is 0.322 e. The molecule has 0 aromatic heterocycles. The molecule has 4 nitrogen and oxygen atoms in total. The van der Waals surface area contributed by atoms with E-state index in [4.69, 9.17) is 21.1 Å². The monoisotopic (exact) mass is 315 g/mol. The fraction of sp³-hybridized carbons (Fsp3) is 0.533. The normalized spacial score (nSPS) is 23.0. The third-order valence-corrected chi connectivity index (χ3v) is 3.98. The number of nitrogens with one attached hydrogen (secondary N) is 1. The van der Waals surface area contributed by atoms with Crippen molar-refractivity contribution in [3.63, 3.8) is 0 Å². The highest BCUT2D eigenvalue weighted by atomic mass is 35.5. The van der Waals surface area contributed by atoms with Gasteiger partial charge in [-0.25, -0.2) is 4.39 Å². The molecule has 1 N–H and O–H groups in total. The Morgan fingerprint density at radius 3 is 3.00 bits per heavy atom. The van der Waals surface area contributed by atoms with Crippen LogP contribution in [0.15, 0.2) is 18.2 Å². The van der Waals surface area contributed by atoms with Gasteiger partial charge >= 0.3 is 5.97 Å². The van der Waals surface area contributed by atoms with E-state index in [-0.39, 0.29) is 29.2 Å². The molecule has 1 aliphatic rings. The number of halogens is 2. The van der Waals surface area contributed by atoms with E-state index in [0.29, 0.717) is 18.6 Å². The minimum atomic E-state index is -0.469. The van der Waals surface area contributed by atoms with Crippen LogP contribution < -0.4 is 5.32 Å². The van der Waals surface area contributed by atoms with Gasteiger partial charge in [-0.15, -0.1) is 0 Å². The molecule has 1 aromatic carbocycles. The largest absolute Gasteiger partial charge is 0.468 e. The van der Waals surface area contributed by atoms with Crippen LogP contribution in [0.25, 0.3) is 0 Å². The van der Waals surface area contributed by atoms with Gasteiger partial charge in [-0.1, -0.05) is 24.6 Å². The molecule has 1 unspecified atom stereocenters. The molecule has 6 heteroatoms. The zero-order valence-electron chi connectivity index (χ0n) is 12.1. The lowest BCUT2D eigenvalue weighted by Gasteiger charge is -2.24. The van der Waals surface area contributed by atoms with Crippen LogP contribution in [0.5, 0.6) is 0 Å². The molecule has 0 spiro atoms.